The summed E-state index contributed by atoms with van der Waals surface area (Å²) in [6, 6.07) is 6.17. The Morgan fingerprint density at radius 2 is 1.86 bits per heavy atom. The molecule has 1 atom stereocenters. The predicted octanol–water partition coefficient (Wildman–Crippen LogP) is 1.60. The molecule has 116 valence electrons. The zero-order chi connectivity index (χ0) is 14.7. The summed E-state index contributed by atoms with van der Waals surface area (Å²) in [4.78, 5) is 2.23. The van der Waals surface area contributed by atoms with Crippen LogP contribution >= 0.6 is 0 Å². The summed E-state index contributed by atoms with van der Waals surface area (Å²) >= 11 is 0. The van der Waals surface area contributed by atoms with Crippen LogP contribution in [0.25, 0.3) is 0 Å². The molecule has 0 aliphatic carbocycles. The van der Waals surface area contributed by atoms with Crippen LogP contribution in [0, 0.1) is 0 Å². The normalized spacial score (nSPS) is 20.5. The van der Waals surface area contributed by atoms with Crippen molar-refractivity contribution in [1.29, 1.82) is 0 Å². The second kappa shape index (κ2) is 6.64. The SMILES string of the molecule is CN(CC(O)c1ccc2c(c1)OCCO2)C1CCOCC1. The number of rotatable bonds is 4. The Kier molecular flexibility index (Phi) is 4.63. The topological polar surface area (TPSA) is 51.2 Å². The Morgan fingerprint density at radius 1 is 1.14 bits per heavy atom. The maximum Gasteiger partial charge on any atom is 0.161 e. The first kappa shape index (κ1) is 14.6. The van der Waals surface area contributed by atoms with Gasteiger partial charge in [-0.1, -0.05) is 6.07 Å². The molecule has 3 rings (SSSR count). The lowest BCUT2D eigenvalue weighted by Crippen LogP contribution is -2.38. The van der Waals surface area contributed by atoms with Crippen LogP contribution in [0.4, 0.5) is 0 Å². The maximum absolute atomic E-state index is 10.5. The van der Waals surface area contributed by atoms with Crippen LogP contribution in [0.2, 0.25) is 0 Å². The van der Waals surface area contributed by atoms with Gasteiger partial charge in [0.1, 0.15) is 13.2 Å². The van der Waals surface area contributed by atoms with E-state index in [9.17, 15) is 5.11 Å². The van der Waals surface area contributed by atoms with Crippen molar-refractivity contribution in [2.45, 2.75) is 25.0 Å². The predicted molar refractivity (Wildman–Crippen MR) is 78.9 cm³/mol. The van der Waals surface area contributed by atoms with Gasteiger partial charge in [0.2, 0.25) is 0 Å². The van der Waals surface area contributed by atoms with E-state index in [2.05, 4.69) is 11.9 Å². The van der Waals surface area contributed by atoms with Crippen molar-refractivity contribution in [3.63, 3.8) is 0 Å². The van der Waals surface area contributed by atoms with Crippen LogP contribution in [0.5, 0.6) is 11.5 Å². The Labute approximate surface area is 125 Å². The van der Waals surface area contributed by atoms with Crippen molar-refractivity contribution in [3.05, 3.63) is 23.8 Å². The van der Waals surface area contributed by atoms with Gasteiger partial charge in [0.05, 0.1) is 6.10 Å². The number of fused-ring (bicyclic) bond motifs is 1. The summed E-state index contributed by atoms with van der Waals surface area (Å²) < 4.78 is 16.5. The van der Waals surface area contributed by atoms with Crippen molar-refractivity contribution in [1.82, 2.24) is 4.90 Å². The van der Waals surface area contributed by atoms with Gasteiger partial charge in [-0.3, -0.25) is 0 Å². The monoisotopic (exact) mass is 293 g/mol. The molecule has 0 aromatic heterocycles. The van der Waals surface area contributed by atoms with Gasteiger partial charge in [0, 0.05) is 25.8 Å². The highest BCUT2D eigenvalue weighted by molar-refractivity contribution is 5.44. The maximum atomic E-state index is 10.5. The molecule has 1 unspecified atom stereocenters. The van der Waals surface area contributed by atoms with E-state index in [0.717, 1.165) is 43.1 Å². The second-order valence-electron chi connectivity index (χ2n) is 5.70. The number of aliphatic hydroxyl groups is 1. The lowest BCUT2D eigenvalue weighted by Gasteiger charge is -2.32. The van der Waals surface area contributed by atoms with Crippen molar-refractivity contribution in [2.75, 3.05) is 40.0 Å². The highest BCUT2D eigenvalue weighted by Crippen LogP contribution is 2.33. The zero-order valence-electron chi connectivity index (χ0n) is 12.5. The molecule has 0 bridgehead atoms. The van der Waals surface area contributed by atoms with Crippen LogP contribution in [0.15, 0.2) is 18.2 Å². The fourth-order valence-electron chi connectivity index (χ4n) is 2.92. The van der Waals surface area contributed by atoms with Crippen molar-refractivity contribution >= 4 is 0 Å². The molecule has 2 aliphatic rings. The van der Waals surface area contributed by atoms with E-state index in [1.54, 1.807) is 0 Å². The molecule has 1 saturated heterocycles. The highest BCUT2D eigenvalue weighted by atomic mass is 16.6. The van der Waals surface area contributed by atoms with E-state index < -0.39 is 6.10 Å². The summed E-state index contributed by atoms with van der Waals surface area (Å²) in [5, 5.41) is 10.5. The lowest BCUT2D eigenvalue weighted by molar-refractivity contribution is 0.0252. The number of ether oxygens (including phenoxy) is 3. The van der Waals surface area contributed by atoms with Gasteiger partial charge in [-0.15, -0.1) is 0 Å². The molecule has 5 nitrogen and oxygen atoms in total. The summed E-state index contributed by atoms with van der Waals surface area (Å²) in [6.45, 7) is 3.39. The Hall–Kier alpha value is -1.30. The molecule has 2 heterocycles. The van der Waals surface area contributed by atoms with Gasteiger partial charge in [-0.2, -0.15) is 0 Å². The van der Waals surface area contributed by atoms with Crippen molar-refractivity contribution in [3.8, 4) is 11.5 Å². The average Bonchev–Trinajstić information content (AvgIpc) is 2.55. The quantitative estimate of drug-likeness (QED) is 0.914. The Morgan fingerprint density at radius 3 is 2.62 bits per heavy atom. The molecule has 1 fully saturated rings. The standard InChI is InChI=1S/C16H23NO4/c1-17(13-4-6-19-7-5-13)11-14(18)12-2-3-15-16(10-12)21-9-8-20-15/h2-3,10,13-14,18H,4-9,11H2,1H3. The number of hydrogen-bond acceptors (Lipinski definition) is 5. The molecule has 0 radical (unpaired) electrons. The van der Waals surface area contributed by atoms with Crippen LogP contribution in [-0.4, -0.2) is 56.1 Å². The molecular weight excluding hydrogens is 270 g/mol. The molecule has 1 N–H and O–H groups in total. The first-order valence-electron chi connectivity index (χ1n) is 7.59. The van der Waals surface area contributed by atoms with Crippen LogP contribution in [0.3, 0.4) is 0 Å². The summed E-state index contributed by atoms with van der Waals surface area (Å²) in [5.74, 6) is 1.49. The lowest BCUT2D eigenvalue weighted by atomic mass is 10.0. The first-order valence-corrected chi connectivity index (χ1v) is 7.59. The van der Waals surface area contributed by atoms with Gasteiger partial charge >= 0.3 is 0 Å². The summed E-state index contributed by atoms with van der Waals surface area (Å²) in [6.07, 6.45) is 1.54. The molecule has 0 spiro atoms. The van der Waals surface area contributed by atoms with Gasteiger partial charge in [-0.25, -0.2) is 0 Å². The van der Waals surface area contributed by atoms with E-state index in [-0.39, 0.29) is 0 Å². The zero-order valence-corrected chi connectivity index (χ0v) is 12.5. The number of nitrogens with zero attached hydrogens (tertiary/aromatic N) is 1. The average molecular weight is 293 g/mol. The Balaban J connectivity index is 1.63. The molecule has 0 saturated carbocycles. The van der Waals surface area contributed by atoms with E-state index in [4.69, 9.17) is 14.2 Å². The first-order chi connectivity index (χ1) is 10.2. The number of hydrogen-bond donors (Lipinski definition) is 1. The van der Waals surface area contributed by atoms with E-state index in [1.165, 1.54) is 0 Å². The number of benzene rings is 1. The van der Waals surface area contributed by atoms with E-state index >= 15 is 0 Å². The van der Waals surface area contributed by atoms with E-state index in [1.807, 2.05) is 18.2 Å². The minimum atomic E-state index is -0.520. The fourth-order valence-corrected chi connectivity index (χ4v) is 2.92. The molecule has 1 aromatic carbocycles. The smallest absolute Gasteiger partial charge is 0.161 e. The fraction of sp³-hybridized carbons (Fsp3) is 0.625. The van der Waals surface area contributed by atoms with Crippen LogP contribution < -0.4 is 9.47 Å². The number of aliphatic hydroxyl groups excluding tert-OH is 1. The van der Waals surface area contributed by atoms with Gasteiger partial charge in [-0.05, 0) is 37.6 Å². The molecule has 5 heteroatoms. The Bertz CT molecular complexity index is 473. The second-order valence-corrected chi connectivity index (χ2v) is 5.70. The minimum absolute atomic E-state index is 0.491. The molecule has 21 heavy (non-hydrogen) atoms. The van der Waals surface area contributed by atoms with Gasteiger partial charge < -0.3 is 24.2 Å². The largest absolute Gasteiger partial charge is 0.486 e. The van der Waals surface area contributed by atoms with Gasteiger partial charge in [0.15, 0.2) is 11.5 Å². The minimum Gasteiger partial charge on any atom is -0.486 e. The van der Waals surface area contributed by atoms with Crippen LogP contribution in [-0.2, 0) is 4.74 Å². The molecule has 1 aromatic rings. The summed E-state index contributed by atoms with van der Waals surface area (Å²) in [5.41, 5.74) is 0.873. The highest BCUT2D eigenvalue weighted by Gasteiger charge is 2.22. The van der Waals surface area contributed by atoms with Crippen LogP contribution in [0.1, 0.15) is 24.5 Å². The van der Waals surface area contributed by atoms with E-state index in [0.29, 0.717) is 25.8 Å². The summed E-state index contributed by atoms with van der Waals surface area (Å²) in [7, 11) is 2.07. The third kappa shape index (κ3) is 3.48. The third-order valence-corrected chi connectivity index (χ3v) is 4.23. The third-order valence-electron chi connectivity index (χ3n) is 4.23. The van der Waals surface area contributed by atoms with Gasteiger partial charge in [0.25, 0.3) is 0 Å². The van der Waals surface area contributed by atoms with Crippen molar-refractivity contribution in [2.24, 2.45) is 0 Å². The molecule has 0 amide bonds. The number of likely N-dealkylation sites (N-methyl/N-ethyl adjacent to an activating group) is 1. The molecule has 2 aliphatic heterocycles. The molecular formula is C16H23NO4. The van der Waals surface area contributed by atoms with Crippen molar-refractivity contribution < 1.29 is 19.3 Å².